The molecule has 8 nitrogen and oxygen atoms in total. The molecule has 0 unspecified atom stereocenters. The summed E-state index contributed by atoms with van der Waals surface area (Å²) in [5.41, 5.74) is 3.97. The standard InChI is InChI=1S/C31H32N2O6/c1-22(2)33(30(35)26-15-13-25(14-16-26)27-10-6-8-23(18-27)20-32)21-24-9-7-11-28(19-24)38-17-5-3-4-12-29(34)39-31(36)37/h6-11,13-16,18-19,22H,3-5,12,17,21H2,1-2H3,(H,36,37). The number of carboxylic acid groups (broad SMARTS) is 1. The summed E-state index contributed by atoms with van der Waals surface area (Å²) in [5, 5.41) is 17.6. The number of esters is 1. The molecular formula is C31H32N2O6. The van der Waals surface area contributed by atoms with E-state index in [2.05, 4.69) is 10.8 Å². The minimum absolute atomic E-state index is 0.0260. The smallest absolute Gasteiger partial charge is 0.494 e. The van der Waals surface area contributed by atoms with Crippen LogP contribution in [0.15, 0.2) is 72.8 Å². The predicted molar refractivity (Wildman–Crippen MR) is 146 cm³/mol. The zero-order valence-corrected chi connectivity index (χ0v) is 22.1. The minimum Gasteiger partial charge on any atom is -0.494 e. The summed E-state index contributed by atoms with van der Waals surface area (Å²) in [6.07, 6.45) is 0.398. The zero-order valence-electron chi connectivity index (χ0n) is 22.1. The molecule has 3 rings (SSSR count). The van der Waals surface area contributed by atoms with Gasteiger partial charge in [0.1, 0.15) is 5.75 Å². The first-order valence-corrected chi connectivity index (χ1v) is 12.8. The van der Waals surface area contributed by atoms with Crippen molar-refractivity contribution in [1.82, 2.24) is 4.90 Å². The van der Waals surface area contributed by atoms with E-state index in [4.69, 9.17) is 15.1 Å². The van der Waals surface area contributed by atoms with E-state index in [1.165, 1.54) is 0 Å². The molecule has 0 fully saturated rings. The average molecular weight is 529 g/mol. The van der Waals surface area contributed by atoms with Crippen LogP contribution in [-0.4, -0.2) is 40.7 Å². The average Bonchev–Trinajstić information content (AvgIpc) is 2.93. The van der Waals surface area contributed by atoms with Crippen molar-refractivity contribution in [3.63, 3.8) is 0 Å². The highest BCUT2D eigenvalue weighted by Gasteiger charge is 2.19. The van der Waals surface area contributed by atoms with Crippen LogP contribution in [0, 0.1) is 11.3 Å². The molecule has 0 aliphatic heterocycles. The second-order valence-corrected chi connectivity index (χ2v) is 9.34. The van der Waals surface area contributed by atoms with Gasteiger partial charge in [-0.2, -0.15) is 5.26 Å². The van der Waals surface area contributed by atoms with Crippen LogP contribution in [0.1, 0.15) is 61.0 Å². The summed E-state index contributed by atoms with van der Waals surface area (Å²) in [6.45, 7) is 4.83. The van der Waals surface area contributed by atoms with Gasteiger partial charge in [-0.1, -0.05) is 36.4 Å². The topological polar surface area (TPSA) is 117 Å². The highest BCUT2D eigenvalue weighted by Crippen LogP contribution is 2.23. The Kier molecular flexibility index (Phi) is 10.6. The lowest BCUT2D eigenvalue weighted by molar-refractivity contribution is -0.139. The van der Waals surface area contributed by atoms with Gasteiger partial charge in [-0.15, -0.1) is 0 Å². The molecule has 3 aromatic carbocycles. The Hall–Kier alpha value is -4.64. The van der Waals surface area contributed by atoms with Gasteiger partial charge in [0.05, 0.1) is 18.2 Å². The van der Waals surface area contributed by atoms with E-state index in [9.17, 15) is 14.4 Å². The van der Waals surface area contributed by atoms with E-state index in [0.29, 0.717) is 49.3 Å². The highest BCUT2D eigenvalue weighted by atomic mass is 16.7. The molecule has 1 amide bonds. The van der Waals surface area contributed by atoms with Crippen LogP contribution in [0.2, 0.25) is 0 Å². The van der Waals surface area contributed by atoms with Crippen LogP contribution < -0.4 is 4.74 Å². The van der Waals surface area contributed by atoms with E-state index >= 15 is 0 Å². The fraction of sp³-hybridized carbons (Fsp3) is 0.290. The summed E-state index contributed by atoms with van der Waals surface area (Å²) in [5.74, 6) is -0.130. The molecule has 0 bridgehead atoms. The number of ether oxygens (including phenoxy) is 2. The van der Waals surface area contributed by atoms with Gasteiger partial charge in [0, 0.05) is 24.6 Å². The third-order valence-corrected chi connectivity index (χ3v) is 6.09. The largest absolute Gasteiger partial charge is 0.513 e. The van der Waals surface area contributed by atoms with Gasteiger partial charge in [-0.05, 0) is 86.2 Å². The Morgan fingerprint density at radius 3 is 2.36 bits per heavy atom. The molecule has 0 heterocycles. The summed E-state index contributed by atoms with van der Waals surface area (Å²) >= 11 is 0. The second-order valence-electron chi connectivity index (χ2n) is 9.34. The lowest BCUT2D eigenvalue weighted by Gasteiger charge is -2.27. The third-order valence-electron chi connectivity index (χ3n) is 6.09. The second kappa shape index (κ2) is 14.3. The number of hydrogen-bond acceptors (Lipinski definition) is 6. The first kappa shape index (κ1) is 28.9. The Bertz CT molecular complexity index is 1330. The van der Waals surface area contributed by atoms with E-state index in [1.54, 1.807) is 11.0 Å². The molecule has 0 aliphatic rings. The van der Waals surface area contributed by atoms with Crippen molar-refractivity contribution in [2.45, 2.75) is 52.1 Å². The van der Waals surface area contributed by atoms with Crippen LogP contribution in [0.3, 0.4) is 0 Å². The third kappa shape index (κ3) is 9.00. The van der Waals surface area contributed by atoms with Crippen molar-refractivity contribution >= 4 is 18.0 Å². The first-order valence-electron chi connectivity index (χ1n) is 12.8. The maximum Gasteiger partial charge on any atom is 0.513 e. The molecule has 0 saturated carbocycles. The number of unbranched alkanes of at least 4 members (excludes halogenated alkanes) is 2. The quantitative estimate of drug-likeness (QED) is 0.163. The Labute approximate surface area is 228 Å². The van der Waals surface area contributed by atoms with E-state index < -0.39 is 12.1 Å². The van der Waals surface area contributed by atoms with Gasteiger partial charge in [-0.25, -0.2) is 4.79 Å². The lowest BCUT2D eigenvalue weighted by Crippen LogP contribution is -2.36. The Morgan fingerprint density at radius 1 is 0.923 bits per heavy atom. The van der Waals surface area contributed by atoms with Crippen molar-refractivity contribution in [1.29, 1.82) is 5.26 Å². The van der Waals surface area contributed by atoms with Crippen LogP contribution in [0.5, 0.6) is 5.75 Å². The van der Waals surface area contributed by atoms with Crippen molar-refractivity contribution in [3.8, 4) is 22.9 Å². The van der Waals surface area contributed by atoms with Gasteiger partial charge in [0.15, 0.2) is 0 Å². The zero-order chi connectivity index (χ0) is 28.2. The number of carbonyl (C=O) groups excluding carboxylic acids is 2. The van der Waals surface area contributed by atoms with Crippen molar-refractivity contribution in [2.24, 2.45) is 0 Å². The number of rotatable bonds is 12. The summed E-state index contributed by atoms with van der Waals surface area (Å²) in [4.78, 5) is 36.8. The van der Waals surface area contributed by atoms with Crippen LogP contribution in [-0.2, 0) is 16.1 Å². The monoisotopic (exact) mass is 528 g/mol. The number of benzene rings is 3. The molecule has 202 valence electrons. The Morgan fingerprint density at radius 2 is 1.67 bits per heavy atom. The number of carbonyl (C=O) groups is 3. The van der Waals surface area contributed by atoms with Crippen LogP contribution in [0.4, 0.5) is 4.79 Å². The van der Waals surface area contributed by atoms with Crippen molar-refractivity contribution in [3.05, 3.63) is 89.5 Å². The van der Waals surface area contributed by atoms with Crippen molar-refractivity contribution in [2.75, 3.05) is 6.61 Å². The number of hydrogen-bond donors (Lipinski definition) is 1. The van der Waals surface area contributed by atoms with Gasteiger partial charge in [0.25, 0.3) is 5.91 Å². The number of amides is 1. The molecule has 0 spiro atoms. The predicted octanol–water partition coefficient (Wildman–Crippen LogP) is 6.44. The highest BCUT2D eigenvalue weighted by molar-refractivity contribution is 5.95. The summed E-state index contributed by atoms with van der Waals surface area (Å²) < 4.78 is 9.92. The molecule has 3 aromatic rings. The minimum atomic E-state index is -1.59. The molecule has 39 heavy (non-hydrogen) atoms. The molecule has 0 aliphatic carbocycles. The molecular weight excluding hydrogens is 496 g/mol. The maximum atomic E-state index is 13.4. The Balaban J connectivity index is 1.56. The first-order chi connectivity index (χ1) is 18.8. The van der Waals surface area contributed by atoms with Gasteiger partial charge < -0.3 is 19.5 Å². The van der Waals surface area contributed by atoms with Gasteiger partial charge >= 0.3 is 12.1 Å². The number of nitrogens with zero attached hydrogens (tertiary/aromatic N) is 2. The molecule has 0 aromatic heterocycles. The summed E-state index contributed by atoms with van der Waals surface area (Å²) in [6, 6.07) is 24.5. The van der Waals surface area contributed by atoms with Crippen molar-refractivity contribution < 1.29 is 29.0 Å². The van der Waals surface area contributed by atoms with Crippen LogP contribution >= 0.6 is 0 Å². The number of nitriles is 1. The molecule has 0 atom stereocenters. The molecule has 0 radical (unpaired) electrons. The molecule has 1 N–H and O–H groups in total. The fourth-order valence-electron chi connectivity index (χ4n) is 4.05. The summed E-state index contributed by atoms with van der Waals surface area (Å²) in [7, 11) is 0. The SMILES string of the molecule is CC(C)N(Cc1cccc(OCCCCCC(=O)OC(=O)O)c1)C(=O)c1ccc(-c2cccc(C#N)c2)cc1. The lowest BCUT2D eigenvalue weighted by atomic mass is 10.0. The van der Waals surface area contributed by atoms with Crippen LogP contribution in [0.25, 0.3) is 11.1 Å². The molecule has 8 heteroatoms. The normalized spacial score (nSPS) is 10.5. The van der Waals surface area contributed by atoms with E-state index in [1.807, 2.05) is 80.6 Å². The van der Waals surface area contributed by atoms with Gasteiger partial charge in [0.2, 0.25) is 0 Å². The maximum absolute atomic E-state index is 13.4. The fourth-order valence-corrected chi connectivity index (χ4v) is 4.05. The molecule has 0 saturated heterocycles. The van der Waals surface area contributed by atoms with E-state index in [-0.39, 0.29) is 18.4 Å². The van der Waals surface area contributed by atoms with E-state index in [0.717, 1.165) is 16.7 Å². The van der Waals surface area contributed by atoms with Gasteiger partial charge in [-0.3, -0.25) is 9.59 Å².